The molecule has 0 unspecified atom stereocenters. The van der Waals surface area contributed by atoms with Crippen molar-refractivity contribution in [1.82, 2.24) is 14.9 Å². The van der Waals surface area contributed by atoms with E-state index >= 15 is 0 Å². The average molecular weight is 429 g/mol. The Morgan fingerprint density at radius 3 is 2.97 bits per heavy atom. The highest BCUT2D eigenvalue weighted by molar-refractivity contribution is 6.10. The third-order valence-electron chi connectivity index (χ3n) is 6.36. The highest BCUT2D eigenvalue weighted by atomic mass is 16.7. The zero-order valence-corrected chi connectivity index (χ0v) is 17.8. The minimum atomic E-state index is -0.220. The lowest BCUT2D eigenvalue weighted by atomic mass is 9.96. The molecule has 2 aromatic heterocycles. The van der Waals surface area contributed by atoms with Crippen molar-refractivity contribution in [3.8, 4) is 11.5 Å². The van der Waals surface area contributed by atoms with Gasteiger partial charge in [-0.15, -0.1) is 0 Å². The number of aromatic amines is 1. The largest absolute Gasteiger partial charge is 0.468 e. The lowest BCUT2D eigenvalue weighted by Crippen LogP contribution is -2.36. The highest BCUT2D eigenvalue weighted by Crippen LogP contribution is 2.36. The van der Waals surface area contributed by atoms with Crippen LogP contribution in [0.2, 0.25) is 0 Å². The lowest BCUT2D eigenvalue weighted by molar-refractivity contribution is -0.142. The van der Waals surface area contributed by atoms with E-state index in [4.69, 9.17) is 19.2 Å². The van der Waals surface area contributed by atoms with Gasteiger partial charge in [0.2, 0.25) is 6.79 Å². The third-order valence-corrected chi connectivity index (χ3v) is 6.36. The number of carbonyl (C=O) groups excluding carboxylic acids is 1. The molecule has 0 spiro atoms. The number of para-hydroxylation sites is 1. The number of nitrogens with zero attached hydrogens (tertiary/aromatic N) is 2. The van der Waals surface area contributed by atoms with E-state index in [1.54, 1.807) is 0 Å². The number of H-pyrrole nitrogens is 1. The third kappa shape index (κ3) is 3.17. The SMILES string of the molecule is COC(=O)CN1CCc2c(nc(Cc3ccc4c(c3)OCO4)c3[nH]c4ccccc4c23)C1. The second-order valence-corrected chi connectivity index (χ2v) is 8.31. The van der Waals surface area contributed by atoms with Crippen LogP contribution in [0.1, 0.15) is 22.5 Å². The zero-order chi connectivity index (χ0) is 21.7. The Balaban J connectivity index is 1.47. The van der Waals surface area contributed by atoms with E-state index in [1.807, 2.05) is 18.2 Å². The van der Waals surface area contributed by atoms with Crippen molar-refractivity contribution in [3.05, 3.63) is 65.0 Å². The fourth-order valence-electron chi connectivity index (χ4n) is 4.82. The van der Waals surface area contributed by atoms with Gasteiger partial charge in [-0.05, 0) is 35.7 Å². The summed E-state index contributed by atoms with van der Waals surface area (Å²) < 4.78 is 15.9. The second-order valence-electron chi connectivity index (χ2n) is 8.31. The molecule has 0 radical (unpaired) electrons. The first-order chi connectivity index (χ1) is 15.7. The molecular weight excluding hydrogens is 406 g/mol. The number of nitrogens with one attached hydrogen (secondary N) is 1. The van der Waals surface area contributed by atoms with Gasteiger partial charge < -0.3 is 19.2 Å². The van der Waals surface area contributed by atoms with Gasteiger partial charge in [0, 0.05) is 35.8 Å². The minimum absolute atomic E-state index is 0.220. The van der Waals surface area contributed by atoms with Crippen molar-refractivity contribution in [3.63, 3.8) is 0 Å². The van der Waals surface area contributed by atoms with Gasteiger partial charge in [-0.3, -0.25) is 14.7 Å². The van der Waals surface area contributed by atoms with Crippen LogP contribution in [0, 0.1) is 0 Å². The summed E-state index contributed by atoms with van der Waals surface area (Å²) in [6, 6.07) is 14.4. The van der Waals surface area contributed by atoms with Gasteiger partial charge >= 0.3 is 5.97 Å². The normalized spacial score (nSPS) is 15.3. The van der Waals surface area contributed by atoms with Crippen molar-refractivity contribution in [2.24, 2.45) is 0 Å². The number of aromatic nitrogens is 2. The fourth-order valence-corrected chi connectivity index (χ4v) is 4.82. The number of rotatable bonds is 4. The van der Waals surface area contributed by atoms with Crippen LogP contribution < -0.4 is 9.47 Å². The van der Waals surface area contributed by atoms with Gasteiger partial charge in [-0.2, -0.15) is 0 Å². The van der Waals surface area contributed by atoms with E-state index in [1.165, 1.54) is 23.4 Å². The molecular formula is C25H23N3O4. The number of esters is 1. The van der Waals surface area contributed by atoms with Crippen LogP contribution in [0.25, 0.3) is 21.8 Å². The number of benzene rings is 2. The van der Waals surface area contributed by atoms with Crippen LogP contribution in [-0.4, -0.2) is 47.8 Å². The molecule has 4 aromatic rings. The van der Waals surface area contributed by atoms with E-state index in [-0.39, 0.29) is 19.3 Å². The maximum Gasteiger partial charge on any atom is 0.319 e. The molecule has 0 saturated carbocycles. The van der Waals surface area contributed by atoms with Crippen molar-refractivity contribution in [1.29, 1.82) is 0 Å². The van der Waals surface area contributed by atoms with E-state index in [0.717, 1.165) is 52.4 Å². The van der Waals surface area contributed by atoms with Gasteiger partial charge in [-0.1, -0.05) is 24.3 Å². The Morgan fingerprint density at radius 2 is 2.06 bits per heavy atom. The molecule has 0 saturated heterocycles. The Bertz CT molecular complexity index is 1360. The molecule has 32 heavy (non-hydrogen) atoms. The fraction of sp³-hybridized carbons (Fsp3) is 0.280. The van der Waals surface area contributed by atoms with Crippen molar-refractivity contribution >= 4 is 27.8 Å². The van der Waals surface area contributed by atoms with E-state index in [0.29, 0.717) is 13.0 Å². The second kappa shape index (κ2) is 7.53. The van der Waals surface area contributed by atoms with E-state index in [9.17, 15) is 4.79 Å². The van der Waals surface area contributed by atoms with Crippen LogP contribution >= 0.6 is 0 Å². The summed E-state index contributed by atoms with van der Waals surface area (Å²) in [5.41, 5.74) is 6.62. The standard InChI is InChI=1S/C25H23N3O4/c1-30-23(29)13-28-9-8-17-20(12-28)26-19(10-15-6-7-21-22(11-15)32-14-31-21)25-24(17)16-4-2-3-5-18(16)27-25/h2-7,11,27H,8-10,12-14H2,1H3. The number of carbonyl (C=O) groups is 1. The molecule has 0 fully saturated rings. The molecule has 1 N–H and O–H groups in total. The molecule has 0 atom stereocenters. The van der Waals surface area contributed by atoms with Gasteiger partial charge in [0.15, 0.2) is 11.5 Å². The molecule has 7 heteroatoms. The van der Waals surface area contributed by atoms with Crippen LogP contribution in [0.5, 0.6) is 11.5 Å². The Kier molecular flexibility index (Phi) is 4.50. The smallest absolute Gasteiger partial charge is 0.319 e. The highest BCUT2D eigenvalue weighted by Gasteiger charge is 2.25. The van der Waals surface area contributed by atoms with Gasteiger partial charge in [0.1, 0.15) is 0 Å². The van der Waals surface area contributed by atoms with Crippen molar-refractivity contribution < 1.29 is 19.0 Å². The summed E-state index contributed by atoms with van der Waals surface area (Å²) in [6.45, 7) is 1.98. The number of ether oxygens (including phenoxy) is 3. The summed E-state index contributed by atoms with van der Waals surface area (Å²) in [6.07, 6.45) is 1.52. The van der Waals surface area contributed by atoms with Crippen LogP contribution in [0.15, 0.2) is 42.5 Å². The summed E-state index contributed by atoms with van der Waals surface area (Å²) in [4.78, 5) is 22.7. The number of fused-ring (bicyclic) bond motifs is 6. The van der Waals surface area contributed by atoms with Gasteiger partial charge in [0.05, 0.1) is 30.6 Å². The van der Waals surface area contributed by atoms with Gasteiger partial charge in [-0.25, -0.2) is 0 Å². The molecule has 0 amide bonds. The van der Waals surface area contributed by atoms with Crippen molar-refractivity contribution in [2.75, 3.05) is 27.0 Å². The maximum absolute atomic E-state index is 11.8. The number of hydrogen-bond donors (Lipinski definition) is 1. The summed E-state index contributed by atoms with van der Waals surface area (Å²) in [7, 11) is 1.43. The molecule has 0 bridgehead atoms. The molecule has 2 aliphatic heterocycles. The first-order valence-electron chi connectivity index (χ1n) is 10.8. The topological polar surface area (TPSA) is 76.7 Å². The number of hydrogen-bond acceptors (Lipinski definition) is 6. The van der Waals surface area contributed by atoms with E-state index < -0.39 is 0 Å². The predicted octanol–water partition coefficient (Wildman–Crippen LogP) is 3.57. The van der Waals surface area contributed by atoms with Crippen molar-refractivity contribution in [2.45, 2.75) is 19.4 Å². The summed E-state index contributed by atoms with van der Waals surface area (Å²) >= 11 is 0. The monoisotopic (exact) mass is 429 g/mol. The molecule has 4 heterocycles. The maximum atomic E-state index is 11.8. The lowest BCUT2D eigenvalue weighted by Gasteiger charge is -2.28. The number of pyridine rings is 1. The number of methoxy groups -OCH3 is 1. The minimum Gasteiger partial charge on any atom is -0.468 e. The first-order valence-corrected chi connectivity index (χ1v) is 10.8. The Labute approximate surface area is 184 Å². The van der Waals surface area contributed by atoms with E-state index in [2.05, 4.69) is 34.1 Å². The Hall–Kier alpha value is -3.58. The Morgan fingerprint density at radius 1 is 1.19 bits per heavy atom. The molecule has 2 aliphatic rings. The zero-order valence-electron chi connectivity index (χ0n) is 17.8. The average Bonchev–Trinajstić information content (AvgIpc) is 3.43. The van der Waals surface area contributed by atoms with Crippen LogP contribution in [-0.2, 0) is 28.9 Å². The molecule has 2 aromatic carbocycles. The quantitative estimate of drug-likeness (QED) is 0.500. The first kappa shape index (κ1) is 19.1. The summed E-state index contributed by atoms with van der Waals surface area (Å²) in [5.74, 6) is 1.33. The molecule has 6 rings (SSSR count). The predicted molar refractivity (Wildman–Crippen MR) is 120 cm³/mol. The molecule has 7 nitrogen and oxygen atoms in total. The van der Waals surface area contributed by atoms with Gasteiger partial charge in [0.25, 0.3) is 0 Å². The molecule has 0 aliphatic carbocycles. The molecule has 162 valence electrons. The summed E-state index contributed by atoms with van der Waals surface area (Å²) in [5, 5.41) is 2.47. The van der Waals surface area contributed by atoms with Crippen LogP contribution in [0.4, 0.5) is 0 Å². The van der Waals surface area contributed by atoms with Crippen LogP contribution in [0.3, 0.4) is 0 Å².